The maximum absolute atomic E-state index is 14.0. The van der Waals surface area contributed by atoms with Crippen LogP contribution in [-0.4, -0.2) is 36.1 Å². The topological polar surface area (TPSA) is 58.6 Å². The Kier molecular flexibility index (Phi) is 5.69. The molecule has 1 aromatic rings. The average molecular weight is 413 g/mol. The predicted molar refractivity (Wildman–Crippen MR) is 117 cm³/mol. The Labute approximate surface area is 180 Å². The van der Waals surface area contributed by atoms with Crippen molar-refractivity contribution in [2.45, 2.75) is 96.2 Å². The zero-order valence-corrected chi connectivity index (χ0v) is 18.9. The third-order valence-electron chi connectivity index (χ3n) is 7.76. The first-order valence-electron chi connectivity index (χ1n) is 11.7. The van der Waals surface area contributed by atoms with Gasteiger partial charge in [0.1, 0.15) is 0 Å². The van der Waals surface area contributed by atoms with Gasteiger partial charge >= 0.3 is 6.03 Å². The maximum Gasteiger partial charge on any atom is 0.325 e. The van der Waals surface area contributed by atoms with Crippen molar-refractivity contribution in [3.63, 3.8) is 0 Å². The second kappa shape index (κ2) is 7.99. The van der Waals surface area contributed by atoms with E-state index in [9.17, 15) is 9.59 Å². The van der Waals surface area contributed by atoms with Crippen molar-refractivity contribution in [1.29, 1.82) is 0 Å². The Hall–Kier alpha value is -1.88. The smallest absolute Gasteiger partial charge is 0.325 e. The van der Waals surface area contributed by atoms with Crippen LogP contribution in [0.15, 0.2) is 18.2 Å². The molecule has 2 aliphatic carbocycles. The van der Waals surface area contributed by atoms with E-state index in [-0.39, 0.29) is 29.5 Å². The third-order valence-corrected chi connectivity index (χ3v) is 7.76. The molecule has 3 amide bonds. The summed E-state index contributed by atoms with van der Waals surface area (Å²) in [5.41, 5.74) is 2.36. The molecule has 5 heteroatoms. The highest BCUT2D eigenvalue weighted by Gasteiger charge is 2.68. The molecule has 0 bridgehead atoms. The van der Waals surface area contributed by atoms with Crippen molar-refractivity contribution in [3.8, 4) is 0 Å². The largest absolute Gasteiger partial charge is 0.381 e. The van der Waals surface area contributed by atoms with Crippen LogP contribution in [0.4, 0.5) is 4.79 Å². The fraction of sp³-hybridized carbons (Fsp3) is 0.680. The van der Waals surface area contributed by atoms with Crippen molar-refractivity contribution in [2.24, 2.45) is 5.41 Å². The van der Waals surface area contributed by atoms with Crippen LogP contribution in [0.25, 0.3) is 0 Å². The molecule has 1 N–H and O–H groups in total. The molecule has 0 aromatic heterocycles. The van der Waals surface area contributed by atoms with Gasteiger partial charge in [-0.1, -0.05) is 38.0 Å². The average Bonchev–Trinajstić information content (AvgIpc) is 3.15. The summed E-state index contributed by atoms with van der Waals surface area (Å²) in [5.74, 6) is -0.0529. The minimum Gasteiger partial charge on any atom is -0.381 e. The summed E-state index contributed by atoms with van der Waals surface area (Å²) in [4.78, 5) is 28.4. The quantitative estimate of drug-likeness (QED) is 0.544. The zero-order chi connectivity index (χ0) is 21.5. The molecule has 1 saturated carbocycles. The Balaban J connectivity index is 1.78. The molecule has 1 unspecified atom stereocenters. The lowest BCUT2D eigenvalue weighted by molar-refractivity contribution is -0.139. The Morgan fingerprint density at radius 1 is 1.20 bits per heavy atom. The summed E-state index contributed by atoms with van der Waals surface area (Å²) >= 11 is 0. The minimum absolute atomic E-state index is 0.0529. The van der Waals surface area contributed by atoms with Gasteiger partial charge in [0.25, 0.3) is 5.91 Å². The van der Waals surface area contributed by atoms with Crippen LogP contribution in [0.1, 0.15) is 82.4 Å². The number of benzene rings is 1. The van der Waals surface area contributed by atoms with Gasteiger partial charge in [-0.25, -0.2) is 4.79 Å². The number of unbranched alkanes of at least 4 members (excludes halogenated alkanes) is 2. The van der Waals surface area contributed by atoms with Crippen LogP contribution in [0.5, 0.6) is 0 Å². The van der Waals surface area contributed by atoms with Crippen molar-refractivity contribution in [1.82, 2.24) is 10.2 Å². The molecule has 1 heterocycles. The molecular formula is C25H36N2O3. The molecule has 2 spiro atoms. The highest BCUT2D eigenvalue weighted by atomic mass is 16.5. The Bertz CT molecular complexity index is 826. The fourth-order valence-corrected chi connectivity index (χ4v) is 6.13. The molecule has 2 fully saturated rings. The van der Waals surface area contributed by atoms with E-state index in [4.69, 9.17) is 4.74 Å². The minimum atomic E-state index is -0.927. The van der Waals surface area contributed by atoms with E-state index in [1.54, 1.807) is 7.11 Å². The lowest BCUT2D eigenvalue weighted by atomic mass is 9.61. The number of aryl methyl sites for hydroxylation is 1. The van der Waals surface area contributed by atoms with E-state index in [0.29, 0.717) is 0 Å². The van der Waals surface area contributed by atoms with E-state index < -0.39 is 5.54 Å². The van der Waals surface area contributed by atoms with Crippen molar-refractivity contribution in [3.05, 3.63) is 34.9 Å². The van der Waals surface area contributed by atoms with Crippen molar-refractivity contribution in [2.75, 3.05) is 7.11 Å². The van der Waals surface area contributed by atoms with Gasteiger partial charge in [-0.2, -0.15) is 0 Å². The normalized spacial score (nSPS) is 30.6. The first-order valence-corrected chi connectivity index (χ1v) is 11.7. The van der Waals surface area contributed by atoms with Crippen LogP contribution in [0, 0.1) is 5.41 Å². The van der Waals surface area contributed by atoms with Gasteiger partial charge < -0.3 is 10.1 Å². The maximum atomic E-state index is 14.0. The summed E-state index contributed by atoms with van der Waals surface area (Å²) in [6, 6.07) is 6.27. The number of carbonyl (C=O) groups excluding carboxylic acids is 2. The number of methoxy groups -OCH3 is 1. The molecule has 5 nitrogen and oxygen atoms in total. The van der Waals surface area contributed by atoms with Gasteiger partial charge in [-0.3, -0.25) is 9.69 Å². The first kappa shape index (κ1) is 21.4. The van der Waals surface area contributed by atoms with E-state index in [2.05, 4.69) is 30.4 Å². The first-order chi connectivity index (χ1) is 14.4. The van der Waals surface area contributed by atoms with Crippen LogP contribution < -0.4 is 5.32 Å². The Morgan fingerprint density at radius 3 is 2.53 bits per heavy atom. The highest BCUT2D eigenvalue weighted by Crippen LogP contribution is 2.60. The van der Waals surface area contributed by atoms with Crippen LogP contribution >= 0.6 is 0 Å². The molecule has 3 aliphatic rings. The SMILES string of the molecule is CCCCCc1ccc2c(c1)C1(NC(=O)N(C(C)C)C1=O)[C@]1(CC[C@H](OC)CC1)C2. The molecule has 1 aliphatic heterocycles. The molecule has 30 heavy (non-hydrogen) atoms. The lowest BCUT2D eigenvalue weighted by Gasteiger charge is -2.46. The van der Waals surface area contributed by atoms with Crippen molar-refractivity contribution < 1.29 is 14.3 Å². The van der Waals surface area contributed by atoms with Gasteiger partial charge in [0.15, 0.2) is 5.54 Å². The summed E-state index contributed by atoms with van der Waals surface area (Å²) < 4.78 is 5.62. The van der Waals surface area contributed by atoms with Gasteiger partial charge in [-0.15, -0.1) is 0 Å². The second-order valence-electron chi connectivity index (χ2n) is 9.79. The number of amides is 3. The highest BCUT2D eigenvalue weighted by molar-refractivity contribution is 6.09. The van der Waals surface area contributed by atoms with Crippen LogP contribution in [0.2, 0.25) is 0 Å². The molecule has 0 radical (unpaired) electrons. The Morgan fingerprint density at radius 2 is 1.93 bits per heavy atom. The molecule has 1 aromatic carbocycles. The lowest BCUT2D eigenvalue weighted by Crippen LogP contribution is -2.57. The summed E-state index contributed by atoms with van der Waals surface area (Å²) in [6.45, 7) is 6.05. The van der Waals surface area contributed by atoms with Gasteiger partial charge in [0, 0.05) is 18.6 Å². The van der Waals surface area contributed by atoms with E-state index in [1.165, 1.54) is 28.9 Å². The number of carbonyl (C=O) groups is 2. The number of imide groups is 1. The van der Waals surface area contributed by atoms with Crippen molar-refractivity contribution >= 4 is 11.9 Å². The molecule has 1 atom stereocenters. The summed E-state index contributed by atoms with van der Waals surface area (Å²) in [5, 5.41) is 3.25. The molecule has 1 saturated heterocycles. The van der Waals surface area contributed by atoms with Gasteiger partial charge in [0.05, 0.1) is 6.10 Å². The number of rotatable bonds is 6. The standard InChI is InChI=1S/C25H36N2O3/c1-5-6-7-8-18-9-10-19-16-24(13-11-20(30-4)12-14-24)25(21(19)15-18)22(28)27(17(2)3)23(29)26-25/h9-10,15,17,20H,5-8,11-14,16H2,1-4H3,(H,26,29)/t20-,24-,25?. The van der Waals surface area contributed by atoms with Crippen LogP contribution in [-0.2, 0) is 27.9 Å². The fourth-order valence-electron chi connectivity index (χ4n) is 6.13. The number of hydrogen-bond donors (Lipinski definition) is 1. The van der Waals surface area contributed by atoms with E-state index in [0.717, 1.165) is 50.5 Å². The van der Waals surface area contributed by atoms with Crippen LogP contribution in [0.3, 0.4) is 0 Å². The number of hydrogen-bond acceptors (Lipinski definition) is 3. The number of ether oxygens (including phenoxy) is 1. The van der Waals surface area contributed by atoms with E-state index in [1.807, 2.05) is 13.8 Å². The van der Waals surface area contributed by atoms with E-state index >= 15 is 0 Å². The summed E-state index contributed by atoms with van der Waals surface area (Å²) in [6.07, 6.45) is 9.32. The monoisotopic (exact) mass is 412 g/mol. The number of fused-ring (bicyclic) bond motifs is 3. The second-order valence-corrected chi connectivity index (χ2v) is 9.79. The molecule has 164 valence electrons. The summed E-state index contributed by atoms with van der Waals surface area (Å²) in [7, 11) is 1.77. The molecular weight excluding hydrogens is 376 g/mol. The number of nitrogens with zero attached hydrogens (tertiary/aromatic N) is 1. The predicted octanol–water partition coefficient (Wildman–Crippen LogP) is 4.71. The van der Waals surface area contributed by atoms with Gasteiger partial charge in [-0.05, 0) is 75.5 Å². The van der Waals surface area contributed by atoms with Gasteiger partial charge in [0.2, 0.25) is 0 Å². The molecule has 4 rings (SSSR count). The number of nitrogens with one attached hydrogen (secondary N) is 1. The zero-order valence-electron chi connectivity index (χ0n) is 18.9. The third kappa shape index (κ3) is 3.08. The number of urea groups is 1.